The van der Waals surface area contributed by atoms with E-state index in [2.05, 4.69) is 0 Å². The fraction of sp³-hybridized carbons (Fsp3) is 0. The molecule has 0 saturated heterocycles. The Bertz CT molecular complexity index is 174. The lowest BCUT2D eigenvalue weighted by atomic mass is 10.3. The number of rotatable bonds is 1. The molecular formula is C6H7N. The SMILES string of the molecule is [2H]N([2H])c1ccccc1. The minimum Gasteiger partial charge on any atom is -0.399 e. The molecule has 0 bridgehead atoms. The third kappa shape index (κ3) is 0.929. The molecule has 0 aliphatic heterocycles. The number of anilines is 1. The van der Waals surface area contributed by atoms with Crippen LogP contribution in [0.3, 0.4) is 0 Å². The zero-order valence-electron chi connectivity index (χ0n) is 5.83. The molecule has 1 nitrogen and oxygen atoms in total. The normalized spacial score (nSPS) is 12.0. The maximum absolute atomic E-state index is 6.82. The topological polar surface area (TPSA) is 26.0 Å². The highest BCUT2D eigenvalue weighted by molar-refractivity contribution is 5.35. The Morgan fingerprint density at radius 1 is 1.29 bits per heavy atom. The first kappa shape index (κ1) is 2.36. The average molecular weight is 95.1 g/mol. The van der Waals surface area contributed by atoms with Crippen LogP contribution in [0.4, 0.5) is 5.69 Å². The number of para-hydroxylation sites is 1. The van der Waals surface area contributed by atoms with E-state index >= 15 is 0 Å². The van der Waals surface area contributed by atoms with E-state index in [1.54, 1.807) is 24.3 Å². The van der Waals surface area contributed by atoms with Crippen molar-refractivity contribution in [2.24, 2.45) is 0 Å². The van der Waals surface area contributed by atoms with Crippen molar-refractivity contribution in [3.05, 3.63) is 30.3 Å². The van der Waals surface area contributed by atoms with E-state index in [0.29, 0.717) is 11.4 Å². The van der Waals surface area contributed by atoms with Gasteiger partial charge in [0.15, 0.2) is 2.82 Å². The molecule has 0 aromatic heterocycles. The molecule has 0 spiro atoms. The van der Waals surface area contributed by atoms with Gasteiger partial charge in [-0.05, 0) is 12.1 Å². The molecule has 1 aromatic rings. The molecule has 0 radical (unpaired) electrons. The van der Waals surface area contributed by atoms with Gasteiger partial charge >= 0.3 is 0 Å². The van der Waals surface area contributed by atoms with Crippen LogP contribution in [0, 0.1) is 0 Å². The van der Waals surface area contributed by atoms with Gasteiger partial charge in [-0.25, -0.2) is 0 Å². The summed E-state index contributed by atoms with van der Waals surface area (Å²) in [4.78, 5) is 0. The van der Waals surface area contributed by atoms with Gasteiger partial charge in [-0.2, -0.15) is 0 Å². The largest absolute Gasteiger partial charge is 0.399 e. The quantitative estimate of drug-likeness (QED) is 0.522. The molecule has 0 atom stereocenters. The molecule has 0 unspecified atom stereocenters. The van der Waals surface area contributed by atoms with Crippen LogP contribution in [-0.4, -0.2) is 0 Å². The summed E-state index contributed by atoms with van der Waals surface area (Å²) in [6.45, 7) is 0. The van der Waals surface area contributed by atoms with Gasteiger partial charge in [-0.15, -0.1) is 0 Å². The van der Waals surface area contributed by atoms with Gasteiger partial charge in [0.1, 0.15) is 0 Å². The van der Waals surface area contributed by atoms with Crippen LogP contribution >= 0.6 is 0 Å². The van der Waals surface area contributed by atoms with Crippen molar-refractivity contribution in [2.75, 3.05) is 5.72 Å². The summed E-state index contributed by atoms with van der Waals surface area (Å²) in [5.41, 5.74) is 1.16. The van der Waals surface area contributed by atoms with Crippen LogP contribution in [0.1, 0.15) is 0 Å². The first-order valence-electron chi connectivity index (χ1n) is 3.03. The smallest absolute Gasteiger partial charge is 0.156 e. The molecule has 0 heterocycles. The fourth-order valence-electron chi connectivity index (χ4n) is 0.428. The van der Waals surface area contributed by atoms with Crippen molar-refractivity contribution in [2.45, 2.75) is 0 Å². The van der Waals surface area contributed by atoms with Crippen molar-refractivity contribution < 1.29 is 2.82 Å². The standard InChI is InChI=1S/C6H7N/c7-6-4-2-1-3-5-6/h1-5H,7H2/i/hD2. The summed E-state index contributed by atoms with van der Waals surface area (Å²) in [6, 6.07) is 8.86. The second-order valence-corrected chi connectivity index (χ2v) is 1.34. The van der Waals surface area contributed by atoms with Crippen LogP contribution in [-0.2, 0) is 0 Å². The number of nitrogen functional groups attached to an aromatic ring is 1. The molecular weight excluding hydrogens is 86.1 g/mol. The highest BCUT2D eigenvalue weighted by atomic mass is 14.5. The van der Waals surface area contributed by atoms with Gasteiger partial charge in [-0.1, -0.05) is 18.2 Å². The molecule has 0 aliphatic carbocycles. The molecule has 2 N–H and O–H groups in total. The van der Waals surface area contributed by atoms with Crippen molar-refractivity contribution in [1.82, 2.24) is 0 Å². The summed E-state index contributed by atoms with van der Waals surface area (Å²) >= 11 is 0. The predicted octanol–water partition coefficient (Wildman–Crippen LogP) is 1.27. The van der Waals surface area contributed by atoms with Gasteiger partial charge in [0.25, 0.3) is 0 Å². The van der Waals surface area contributed by atoms with E-state index in [0.717, 1.165) is 0 Å². The van der Waals surface area contributed by atoms with Crippen molar-refractivity contribution in [1.29, 1.82) is 0 Å². The average Bonchev–Trinajstić information content (AvgIpc) is 1.90. The molecule has 0 aliphatic rings. The molecule has 7 heavy (non-hydrogen) atoms. The van der Waals surface area contributed by atoms with Crippen LogP contribution in [0.15, 0.2) is 30.3 Å². The number of nitrogens with two attached hydrogens (primary N) is 1. The van der Waals surface area contributed by atoms with Crippen molar-refractivity contribution >= 4 is 5.69 Å². The zero-order valence-corrected chi connectivity index (χ0v) is 3.83. The second kappa shape index (κ2) is 1.65. The Morgan fingerprint density at radius 2 is 2.00 bits per heavy atom. The van der Waals surface area contributed by atoms with Crippen LogP contribution in [0.25, 0.3) is 0 Å². The van der Waals surface area contributed by atoms with E-state index < -0.39 is 0 Å². The van der Waals surface area contributed by atoms with E-state index in [1.165, 1.54) is 0 Å². The first-order valence-corrected chi connectivity index (χ1v) is 2.13. The van der Waals surface area contributed by atoms with E-state index in [-0.39, 0.29) is 0 Å². The summed E-state index contributed by atoms with van der Waals surface area (Å²) in [5, 5.41) is 0. The van der Waals surface area contributed by atoms with Crippen molar-refractivity contribution in [3.63, 3.8) is 0 Å². The van der Waals surface area contributed by atoms with E-state index in [9.17, 15) is 0 Å². The van der Waals surface area contributed by atoms with Crippen LogP contribution < -0.4 is 5.72 Å². The van der Waals surface area contributed by atoms with Gasteiger partial charge < -0.3 is 5.72 Å². The molecule has 0 amide bonds. The van der Waals surface area contributed by atoms with E-state index in [4.69, 9.17) is 2.82 Å². The van der Waals surface area contributed by atoms with E-state index in [1.807, 2.05) is 6.07 Å². The summed E-state index contributed by atoms with van der Waals surface area (Å²) in [7, 11) is 0. The van der Waals surface area contributed by atoms with Gasteiger partial charge in [0.2, 0.25) is 0 Å². The molecule has 0 fully saturated rings. The van der Waals surface area contributed by atoms with Gasteiger partial charge in [0, 0.05) is 5.69 Å². The third-order valence-electron chi connectivity index (χ3n) is 0.756. The zero-order chi connectivity index (χ0) is 6.69. The fourth-order valence-corrected chi connectivity index (χ4v) is 0.428. The van der Waals surface area contributed by atoms with Gasteiger partial charge in [-0.3, -0.25) is 0 Å². The number of hydrogen-bond donors (Lipinski definition) is 1. The highest BCUT2D eigenvalue weighted by Gasteiger charge is 1.72. The van der Waals surface area contributed by atoms with Crippen LogP contribution in [0.2, 0.25) is 2.82 Å². The Labute approximate surface area is 45.7 Å². The Morgan fingerprint density at radius 3 is 2.43 bits per heavy atom. The summed E-state index contributed by atoms with van der Waals surface area (Å²) in [6.07, 6.45) is 0. The predicted molar refractivity (Wildman–Crippen MR) is 30.9 cm³/mol. The molecule has 1 aromatic carbocycles. The number of benzene rings is 1. The minimum absolute atomic E-state index is 0.581. The maximum Gasteiger partial charge on any atom is 0.156 e. The Kier molecular flexibility index (Phi) is 0.555. The Balaban J connectivity index is 2.85. The van der Waals surface area contributed by atoms with Gasteiger partial charge in [0.05, 0.1) is 0 Å². The maximum atomic E-state index is 6.82. The molecule has 36 valence electrons. The Hall–Kier alpha value is -0.980. The first-order chi connectivity index (χ1) is 4.30. The molecule has 1 heteroatoms. The monoisotopic (exact) mass is 95.1 g/mol. The molecule has 1 rings (SSSR count). The summed E-state index contributed by atoms with van der Waals surface area (Å²) < 4.78 is 13.6. The number of hydrogen-bond acceptors (Lipinski definition) is 1. The third-order valence-corrected chi connectivity index (χ3v) is 0.756. The molecule has 0 saturated carbocycles. The lowest BCUT2D eigenvalue weighted by molar-refractivity contribution is 1.69. The van der Waals surface area contributed by atoms with Crippen molar-refractivity contribution in [3.8, 4) is 0 Å². The lowest BCUT2D eigenvalue weighted by Gasteiger charge is -1.83. The van der Waals surface area contributed by atoms with Crippen LogP contribution in [0.5, 0.6) is 0 Å². The lowest BCUT2D eigenvalue weighted by Crippen LogP contribution is -1.79. The minimum atomic E-state index is 0.581. The highest BCUT2D eigenvalue weighted by Crippen LogP contribution is 1.95. The summed E-state index contributed by atoms with van der Waals surface area (Å²) in [5.74, 6) is 0. The second-order valence-electron chi connectivity index (χ2n) is 1.34.